The van der Waals surface area contributed by atoms with Crippen molar-refractivity contribution < 1.29 is 22.7 Å². The molecular weight excluding hydrogens is 442 g/mol. The maximum absolute atomic E-state index is 13.8. The van der Waals surface area contributed by atoms with Crippen LogP contribution in [0.2, 0.25) is 0 Å². The molecule has 2 bridgehead atoms. The van der Waals surface area contributed by atoms with E-state index in [2.05, 4.69) is 11.6 Å². The number of benzene rings is 1. The highest BCUT2D eigenvalue weighted by Gasteiger charge is 2.49. The normalized spacial score (nSPS) is 23.6. The number of hydrogen-bond acceptors (Lipinski definition) is 6. The highest BCUT2D eigenvalue weighted by Crippen LogP contribution is 2.37. The molecule has 0 aliphatic carbocycles. The fourth-order valence-corrected chi connectivity index (χ4v) is 6.67. The summed E-state index contributed by atoms with van der Waals surface area (Å²) >= 11 is 0. The number of rotatable bonds is 6. The summed E-state index contributed by atoms with van der Waals surface area (Å²) in [4.78, 5) is 31.6. The van der Waals surface area contributed by atoms with Gasteiger partial charge in [0.15, 0.2) is 0 Å². The van der Waals surface area contributed by atoms with Crippen molar-refractivity contribution >= 4 is 21.9 Å². The lowest BCUT2D eigenvalue weighted by Gasteiger charge is -2.40. The predicted molar refractivity (Wildman–Crippen MR) is 122 cm³/mol. The molecule has 0 N–H and O–H groups in total. The first-order valence-electron chi connectivity index (χ1n) is 10.9. The van der Waals surface area contributed by atoms with E-state index in [1.807, 2.05) is 18.2 Å². The molecule has 3 heterocycles. The minimum atomic E-state index is -4.07. The van der Waals surface area contributed by atoms with E-state index in [0.29, 0.717) is 25.9 Å². The van der Waals surface area contributed by atoms with Crippen molar-refractivity contribution in [2.75, 3.05) is 13.7 Å². The standard InChI is InChI=1S/C24H27N3O5S/c1-3-17-15-26(16-19-9-4-5-13-25-19)23(28)22-12-7-11-21(17)27(22)33(30,31)20-10-6-8-18(14-20)24(29)32-2/h3-6,8-10,13-14,17,21-22H,1,7,11-12,15-16H2,2H3. The number of pyridine rings is 1. The van der Waals surface area contributed by atoms with Gasteiger partial charge in [-0.25, -0.2) is 13.2 Å². The zero-order valence-corrected chi connectivity index (χ0v) is 19.3. The first-order valence-corrected chi connectivity index (χ1v) is 12.3. The molecule has 0 spiro atoms. The second kappa shape index (κ2) is 9.44. The van der Waals surface area contributed by atoms with Crippen molar-refractivity contribution in [3.63, 3.8) is 0 Å². The number of methoxy groups -OCH3 is 1. The number of fused-ring (bicyclic) bond motifs is 2. The number of carbonyl (C=O) groups is 2. The Bertz CT molecular complexity index is 1150. The number of ether oxygens (including phenoxy) is 1. The topological polar surface area (TPSA) is 96.9 Å². The van der Waals surface area contributed by atoms with Gasteiger partial charge in [-0.2, -0.15) is 4.31 Å². The maximum Gasteiger partial charge on any atom is 0.337 e. The molecule has 2 aliphatic heterocycles. The Morgan fingerprint density at radius 2 is 2.06 bits per heavy atom. The van der Waals surface area contributed by atoms with E-state index in [-0.39, 0.29) is 22.3 Å². The minimum Gasteiger partial charge on any atom is -0.465 e. The van der Waals surface area contributed by atoms with Gasteiger partial charge >= 0.3 is 5.97 Å². The molecule has 0 radical (unpaired) electrons. The van der Waals surface area contributed by atoms with E-state index in [4.69, 9.17) is 4.74 Å². The molecule has 1 aromatic carbocycles. The van der Waals surface area contributed by atoms with Gasteiger partial charge in [0, 0.05) is 24.7 Å². The highest BCUT2D eigenvalue weighted by molar-refractivity contribution is 7.89. The second-order valence-electron chi connectivity index (χ2n) is 8.31. The summed E-state index contributed by atoms with van der Waals surface area (Å²) in [5, 5.41) is 0. The molecular formula is C24H27N3O5S. The van der Waals surface area contributed by atoms with E-state index in [1.165, 1.54) is 35.7 Å². The molecule has 8 nitrogen and oxygen atoms in total. The fourth-order valence-electron chi connectivity index (χ4n) is 4.75. The van der Waals surface area contributed by atoms with Crippen LogP contribution in [0.15, 0.2) is 66.2 Å². The predicted octanol–water partition coefficient (Wildman–Crippen LogP) is 2.62. The van der Waals surface area contributed by atoms with Crippen molar-refractivity contribution in [1.29, 1.82) is 0 Å². The van der Waals surface area contributed by atoms with Crippen LogP contribution in [-0.2, 0) is 26.1 Å². The lowest BCUT2D eigenvalue weighted by Crippen LogP contribution is -2.54. The van der Waals surface area contributed by atoms with Crippen molar-refractivity contribution in [1.82, 2.24) is 14.2 Å². The summed E-state index contributed by atoms with van der Waals surface area (Å²) in [5.41, 5.74) is 0.882. The third-order valence-corrected chi connectivity index (χ3v) is 8.28. The molecule has 33 heavy (non-hydrogen) atoms. The summed E-state index contributed by atoms with van der Waals surface area (Å²) in [6, 6.07) is 10.1. The summed E-state index contributed by atoms with van der Waals surface area (Å²) in [5.74, 6) is -1.09. The third kappa shape index (κ3) is 4.43. The molecule has 3 unspecified atom stereocenters. The van der Waals surface area contributed by atoms with Gasteiger partial charge in [-0.15, -0.1) is 6.58 Å². The van der Waals surface area contributed by atoms with Gasteiger partial charge in [0.2, 0.25) is 15.9 Å². The van der Waals surface area contributed by atoms with Crippen LogP contribution in [0.5, 0.6) is 0 Å². The zero-order valence-electron chi connectivity index (χ0n) is 18.5. The van der Waals surface area contributed by atoms with E-state index in [9.17, 15) is 18.0 Å². The average Bonchev–Trinajstić information content (AvgIpc) is 2.91. The summed E-state index contributed by atoms with van der Waals surface area (Å²) in [6.07, 6.45) is 5.23. The maximum atomic E-state index is 13.8. The molecule has 4 rings (SSSR count). The molecule has 3 atom stereocenters. The highest BCUT2D eigenvalue weighted by atomic mass is 32.2. The number of carbonyl (C=O) groups excluding carboxylic acids is 2. The zero-order chi connectivity index (χ0) is 23.6. The van der Waals surface area contributed by atoms with Gasteiger partial charge in [0.25, 0.3) is 0 Å². The number of nitrogens with zero attached hydrogens (tertiary/aromatic N) is 3. The summed E-state index contributed by atoms with van der Waals surface area (Å²) in [7, 11) is -2.82. The molecule has 2 aromatic rings. The lowest BCUT2D eigenvalue weighted by atomic mass is 9.90. The molecule has 0 saturated carbocycles. The van der Waals surface area contributed by atoms with Crippen molar-refractivity contribution in [2.45, 2.75) is 42.8 Å². The average molecular weight is 470 g/mol. The molecule has 1 amide bonds. The molecule has 1 aromatic heterocycles. The number of esters is 1. The lowest BCUT2D eigenvalue weighted by molar-refractivity contribution is -0.135. The first kappa shape index (κ1) is 23.1. The van der Waals surface area contributed by atoms with Gasteiger partial charge in [-0.3, -0.25) is 9.78 Å². The Morgan fingerprint density at radius 1 is 1.24 bits per heavy atom. The molecule has 2 saturated heterocycles. The van der Waals surface area contributed by atoms with Gasteiger partial charge in [-0.1, -0.05) is 18.2 Å². The van der Waals surface area contributed by atoms with Crippen LogP contribution in [0.4, 0.5) is 0 Å². The Labute approximate surface area is 193 Å². The van der Waals surface area contributed by atoms with Crippen LogP contribution in [-0.4, -0.2) is 60.2 Å². The van der Waals surface area contributed by atoms with Gasteiger partial charge in [0.05, 0.1) is 29.8 Å². The van der Waals surface area contributed by atoms with Crippen LogP contribution in [0.3, 0.4) is 0 Å². The van der Waals surface area contributed by atoms with Crippen LogP contribution in [0, 0.1) is 5.92 Å². The van der Waals surface area contributed by atoms with Gasteiger partial charge in [-0.05, 0) is 49.6 Å². The fraction of sp³-hybridized carbons (Fsp3) is 0.375. The van der Waals surface area contributed by atoms with Gasteiger partial charge < -0.3 is 9.64 Å². The Kier molecular flexibility index (Phi) is 6.62. The Hall–Kier alpha value is -3.04. The SMILES string of the molecule is C=CC1CN(Cc2ccccn2)C(=O)C2CCCC1N2S(=O)(=O)c1cccc(C(=O)OC)c1. The number of aromatic nitrogens is 1. The van der Waals surface area contributed by atoms with E-state index >= 15 is 0 Å². The monoisotopic (exact) mass is 469 g/mol. The quantitative estimate of drug-likeness (QED) is 0.477. The Balaban J connectivity index is 1.74. The number of amides is 1. The smallest absolute Gasteiger partial charge is 0.337 e. The number of piperidine rings is 1. The van der Waals surface area contributed by atoms with Crippen LogP contribution >= 0.6 is 0 Å². The van der Waals surface area contributed by atoms with E-state index < -0.39 is 28.1 Å². The molecule has 2 fully saturated rings. The van der Waals surface area contributed by atoms with Crippen molar-refractivity contribution in [3.8, 4) is 0 Å². The minimum absolute atomic E-state index is 0.0314. The van der Waals surface area contributed by atoms with Crippen LogP contribution in [0.25, 0.3) is 0 Å². The summed E-state index contributed by atoms with van der Waals surface area (Å²) in [6.45, 7) is 4.62. The summed E-state index contributed by atoms with van der Waals surface area (Å²) < 4.78 is 33.8. The van der Waals surface area contributed by atoms with E-state index in [0.717, 1.165) is 12.1 Å². The second-order valence-corrected chi connectivity index (χ2v) is 10.2. The van der Waals surface area contributed by atoms with Crippen molar-refractivity contribution in [2.24, 2.45) is 5.92 Å². The number of hydrogen-bond donors (Lipinski definition) is 0. The first-order chi connectivity index (χ1) is 15.9. The van der Waals surface area contributed by atoms with E-state index in [1.54, 1.807) is 17.2 Å². The van der Waals surface area contributed by atoms with Gasteiger partial charge in [0.1, 0.15) is 6.04 Å². The molecule has 2 aliphatic rings. The van der Waals surface area contributed by atoms with Crippen molar-refractivity contribution in [3.05, 3.63) is 72.6 Å². The third-order valence-electron chi connectivity index (χ3n) is 6.35. The Morgan fingerprint density at radius 3 is 2.76 bits per heavy atom. The molecule has 174 valence electrons. The molecule has 9 heteroatoms. The van der Waals surface area contributed by atoms with Crippen LogP contribution < -0.4 is 0 Å². The number of sulfonamides is 1. The van der Waals surface area contributed by atoms with Crippen LogP contribution in [0.1, 0.15) is 35.3 Å². The largest absolute Gasteiger partial charge is 0.465 e.